The van der Waals surface area contributed by atoms with Crippen LogP contribution in [0.5, 0.6) is 0 Å². The summed E-state index contributed by atoms with van der Waals surface area (Å²) in [7, 11) is 0. The van der Waals surface area contributed by atoms with E-state index in [9.17, 15) is 4.79 Å². The van der Waals surface area contributed by atoms with Gasteiger partial charge < -0.3 is 14.6 Å². The van der Waals surface area contributed by atoms with Crippen LogP contribution in [0.15, 0.2) is 54.9 Å². The van der Waals surface area contributed by atoms with E-state index >= 15 is 0 Å². The van der Waals surface area contributed by atoms with Crippen molar-refractivity contribution >= 4 is 11.6 Å². The van der Waals surface area contributed by atoms with Crippen LogP contribution in [0.3, 0.4) is 0 Å². The smallest absolute Gasteiger partial charge is 0.255 e. The van der Waals surface area contributed by atoms with Crippen molar-refractivity contribution in [3.8, 4) is 11.3 Å². The van der Waals surface area contributed by atoms with Crippen molar-refractivity contribution in [2.45, 2.75) is 0 Å². The van der Waals surface area contributed by atoms with Gasteiger partial charge in [-0.05, 0) is 12.1 Å². The van der Waals surface area contributed by atoms with Crippen molar-refractivity contribution in [3.05, 3.63) is 60.4 Å². The molecule has 1 N–H and O–H groups in total. The Bertz CT molecular complexity index is 835. The SMILES string of the molecule is O=C(c1ccc2nc(-c3ccccc3)cn2c1)N1CCNCC1. The summed E-state index contributed by atoms with van der Waals surface area (Å²) in [5, 5.41) is 3.26. The van der Waals surface area contributed by atoms with Crippen LogP contribution >= 0.6 is 0 Å². The van der Waals surface area contributed by atoms with Gasteiger partial charge in [0.15, 0.2) is 0 Å². The topological polar surface area (TPSA) is 49.6 Å². The third-order valence-electron chi connectivity index (χ3n) is 4.17. The summed E-state index contributed by atoms with van der Waals surface area (Å²) in [6.07, 6.45) is 3.85. The van der Waals surface area contributed by atoms with Crippen molar-refractivity contribution < 1.29 is 4.79 Å². The van der Waals surface area contributed by atoms with E-state index in [2.05, 4.69) is 10.3 Å². The van der Waals surface area contributed by atoms with Gasteiger partial charge in [0.1, 0.15) is 5.65 Å². The molecule has 1 aliphatic heterocycles. The van der Waals surface area contributed by atoms with Gasteiger partial charge in [-0.15, -0.1) is 0 Å². The number of hydrogen-bond acceptors (Lipinski definition) is 3. The predicted octanol–water partition coefficient (Wildman–Crippen LogP) is 2.05. The molecular weight excluding hydrogens is 288 g/mol. The molecule has 3 heterocycles. The Hall–Kier alpha value is -2.66. The maximum Gasteiger partial charge on any atom is 0.255 e. The van der Waals surface area contributed by atoms with E-state index in [4.69, 9.17) is 0 Å². The van der Waals surface area contributed by atoms with Crippen molar-refractivity contribution in [3.63, 3.8) is 0 Å². The molecule has 23 heavy (non-hydrogen) atoms. The molecule has 0 aliphatic carbocycles. The molecule has 3 aromatic rings. The molecule has 1 amide bonds. The lowest BCUT2D eigenvalue weighted by Crippen LogP contribution is -2.46. The van der Waals surface area contributed by atoms with Gasteiger partial charge >= 0.3 is 0 Å². The number of pyridine rings is 1. The largest absolute Gasteiger partial charge is 0.336 e. The number of amides is 1. The first-order chi connectivity index (χ1) is 11.3. The highest BCUT2D eigenvalue weighted by Crippen LogP contribution is 2.19. The van der Waals surface area contributed by atoms with E-state index in [1.165, 1.54) is 0 Å². The Morgan fingerprint density at radius 2 is 1.78 bits per heavy atom. The minimum atomic E-state index is 0.0864. The first-order valence-corrected chi connectivity index (χ1v) is 7.85. The fourth-order valence-corrected chi connectivity index (χ4v) is 2.92. The van der Waals surface area contributed by atoms with E-state index in [-0.39, 0.29) is 5.91 Å². The highest BCUT2D eigenvalue weighted by Gasteiger charge is 2.18. The summed E-state index contributed by atoms with van der Waals surface area (Å²) in [5.41, 5.74) is 3.54. The lowest BCUT2D eigenvalue weighted by Gasteiger charge is -2.27. The average Bonchev–Trinajstić information content (AvgIpc) is 3.06. The highest BCUT2D eigenvalue weighted by molar-refractivity contribution is 5.94. The number of hydrogen-bond donors (Lipinski definition) is 1. The Morgan fingerprint density at radius 3 is 2.57 bits per heavy atom. The van der Waals surface area contributed by atoms with Gasteiger partial charge in [0.05, 0.1) is 11.3 Å². The van der Waals surface area contributed by atoms with Crippen LogP contribution in [-0.2, 0) is 0 Å². The van der Waals surface area contributed by atoms with Crippen LogP contribution in [0.2, 0.25) is 0 Å². The van der Waals surface area contributed by atoms with Crippen LogP contribution in [0.1, 0.15) is 10.4 Å². The highest BCUT2D eigenvalue weighted by atomic mass is 16.2. The van der Waals surface area contributed by atoms with Gasteiger partial charge in [0.25, 0.3) is 5.91 Å². The molecule has 5 nitrogen and oxygen atoms in total. The number of rotatable bonds is 2. The molecule has 5 heteroatoms. The molecule has 0 radical (unpaired) electrons. The van der Waals surface area contributed by atoms with Gasteiger partial charge in [0.2, 0.25) is 0 Å². The zero-order chi connectivity index (χ0) is 15.6. The molecule has 1 aromatic carbocycles. The molecule has 4 rings (SSSR count). The van der Waals surface area contributed by atoms with Gasteiger partial charge in [-0.3, -0.25) is 4.79 Å². The lowest BCUT2D eigenvalue weighted by atomic mass is 10.2. The number of benzene rings is 1. The Labute approximate surface area is 134 Å². The van der Waals surface area contributed by atoms with Gasteiger partial charge in [-0.1, -0.05) is 30.3 Å². The van der Waals surface area contributed by atoms with E-state index in [0.29, 0.717) is 5.56 Å². The maximum absolute atomic E-state index is 12.6. The zero-order valence-electron chi connectivity index (χ0n) is 12.8. The van der Waals surface area contributed by atoms with Gasteiger partial charge in [0, 0.05) is 44.1 Å². The van der Waals surface area contributed by atoms with Crippen molar-refractivity contribution in [1.82, 2.24) is 19.6 Å². The zero-order valence-corrected chi connectivity index (χ0v) is 12.8. The second-order valence-electron chi connectivity index (χ2n) is 5.72. The second-order valence-corrected chi connectivity index (χ2v) is 5.72. The molecule has 0 unspecified atom stereocenters. The Kier molecular flexibility index (Phi) is 3.55. The van der Waals surface area contributed by atoms with Gasteiger partial charge in [-0.2, -0.15) is 0 Å². The summed E-state index contributed by atoms with van der Waals surface area (Å²) >= 11 is 0. The molecule has 0 spiro atoms. The molecule has 116 valence electrons. The Morgan fingerprint density at radius 1 is 1.00 bits per heavy atom. The number of piperazine rings is 1. The number of aromatic nitrogens is 2. The second kappa shape index (κ2) is 5.85. The van der Waals surface area contributed by atoms with Crippen molar-refractivity contribution in [2.75, 3.05) is 26.2 Å². The van der Waals surface area contributed by atoms with Crippen LogP contribution in [0.25, 0.3) is 16.9 Å². The molecule has 0 bridgehead atoms. The lowest BCUT2D eigenvalue weighted by molar-refractivity contribution is 0.0735. The minimum Gasteiger partial charge on any atom is -0.336 e. The van der Waals surface area contributed by atoms with Crippen LogP contribution in [0, 0.1) is 0 Å². The fraction of sp³-hybridized carbons (Fsp3) is 0.222. The number of carbonyl (C=O) groups excluding carboxylic acids is 1. The molecule has 0 saturated carbocycles. The summed E-state index contributed by atoms with van der Waals surface area (Å²) in [4.78, 5) is 19.1. The Balaban J connectivity index is 1.66. The molecule has 0 atom stereocenters. The van der Waals surface area contributed by atoms with E-state index in [1.807, 2.05) is 64.2 Å². The average molecular weight is 306 g/mol. The number of imidazole rings is 1. The summed E-state index contributed by atoms with van der Waals surface area (Å²) < 4.78 is 1.93. The number of nitrogens with zero attached hydrogens (tertiary/aromatic N) is 3. The summed E-state index contributed by atoms with van der Waals surface area (Å²) in [6, 6.07) is 13.8. The maximum atomic E-state index is 12.6. The number of carbonyl (C=O) groups is 1. The van der Waals surface area contributed by atoms with Crippen LogP contribution < -0.4 is 5.32 Å². The predicted molar refractivity (Wildman–Crippen MR) is 89.4 cm³/mol. The summed E-state index contributed by atoms with van der Waals surface area (Å²) in [6.45, 7) is 3.24. The molecule has 1 saturated heterocycles. The normalized spacial score (nSPS) is 15.0. The third-order valence-corrected chi connectivity index (χ3v) is 4.17. The van der Waals surface area contributed by atoms with E-state index in [0.717, 1.165) is 43.1 Å². The monoisotopic (exact) mass is 306 g/mol. The standard InChI is InChI=1S/C18H18N4O/c23-18(21-10-8-19-9-11-21)15-6-7-17-20-16(13-22(17)12-15)14-4-2-1-3-5-14/h1-7,12-13,19H,8-11H2. The molecule has 2 aromatic heterocycles. The van der Waals surface area contributed by atoms with Gasteiger partial charge in [-0.25, -0.2) is 4.98 Å². The van der Waals surface area contributed by atoms with Crippen LogP contribution in [0.4, 0.5) is 0 Å². The van der Waals surface area contributed by atoms with E-state index < -0.39 is 0 Å². The van der Waals surface area contributed by atoms with Crippen molar-refractivity contribution in [1.29, 1.82) is 0 Å². The molecular formula is C18H18N4O. The molecule has 1 fully saturated rings. The fourth-order valence-electron chi connectivity index (χ4n) is 2.92. The first kappa shape index (κ1) is 14.0. The quantitative estimate of drug-likeness (QED) is 0.788. The van der Waals surface area contributed by atoms with Crippen LogP contribution in [-0.4, -0.2) is 46.4 Å². The summed E-state index contributed by atoms with van der Waals surface area (Å²) in [5.74, 6) is 0.0864. The first-order valence-electron chi connectivity index (χ1n) is 7.85. The van der Waals surface area contributed by atoms with Crippen molar-refractivity contribution in [2.24, 2.45) is 0 Å². The minimum absolute atomic E-state index is 0.0864. The number of fused-ring (bicyclic) bond motifs is 1. The number of nitrogens with one attached hydrogen (secondary N) is 1. The van der Waals surface area contributed by atoms with E-state index in [1.54, 1.807) is 0 Å². The molecule has 1 aliphatic rings. The third kappa shape index (κ3) is 2.71.